The molecule has 29 heavy (non-hydrogen) atoms. The summed E-state index contributed by atoms with van der Waals surface area (Å²) in [5.74, 6) is 1.72. The Morgan fingerprint density at radius 1 is 0.897 bits per heavy atom. The Morgan fingerprint density at radius 3 is 2.38 bits per heavy atom. The molecule has 1 atom stereocenters. The van der Waals surface area contributed by atoms with Crippen LogP contribution in [-0.2, 0) is 0 Å². The number of anilines is 1. The van der Waals surface area contributed by atoms with Crippen LogP contribution in [0.5, 0.6) is 5.75 Å². The monoisotopic (exact) mass is 400 g/mol. The van der Waals surface area contributed by atoms with Gasteiger partial charge in [-0.25, -0.2) is 0 Å². The van der Waals surface area contributed by atoms with Crippen molar-refractivity contribution in [3.8, 4) is 5.75 Å². The molecule has 3 aromatic carbocycles. The van der Waals surface area contributed by atoms with Gasteiger partial charge in [0.15, 0.2) is 0 Å². The molecular weight excluding hydrogens is 379 g/mol. The van der Waals surface area contributed by atoms with Crippen LogP contribution in [0.1, 0.15) is 16.8 Å². The van der Waals surface area contributed by atoms with E-state index in [2.05, 4.69) is 82.7 Å². The third-order valence-corrected chi connectivity index (χ3v) is 10.9. The van der Waals surface area contributed by atoms with E-state index in [0.717, 1.165) is 22.8 Å². The second-order valence-electron chi connectivity index (χ2n) is 7.52. The first-order valence-corrected chi connectivity index (χ1v) is 11.8. The molecule has 3 heterocycles. The van der Waals surface area contributed by atoms with Crippen molar-refractivity contribution in [2.45, 2.75) is 5.66 Å². The van der Waals surface area contributed by atoms with Crippen molar-refractivity contribution in [2.75, 3.05) is 11.7 Å². The molecule has 0 aromatic heterocycles. The summed E-state index contributed by atoms with van der Waals surface area (Å²) < 4.78 is 16.8. The van der Waals surface area contributed by atoms with Gasteiger partial charge in [-0.2, -0.15) is 0 Å². The standard InChI is InChI=1S/C23H21N4OP/c1-26-24-23(19-12-6-3-7-13-19)25-29(26)22(18-10-4-2-5-11-18)16-17-27(29)20-14-8-9-15-21(20)28-29/h2-17,22H,1H3,(H,24,25). The Morgan fingerprint density at radius 2 is 1.59 bits per heavy atom. The van der Waals surface area contributed by atoms with Gasteiger partial charge in [0.1, 0.15) is 0 Å². The van der Waals surface area contributed by atoms with Gasteiger partial charge in [-0.1, -0.05) is 0 Å². The van der Waals surface area contributed by atoms with Crippen molar-refractivity contribution in [2.24, 2.45) is 4.76 Å². The van der Waals surface area contributed by atoms with Crippen LogP contribution in [-0.4, -0.2) is 17.7 Å². The van der Waals surface area contributed by atoms with Crippen molar-refractivity contribution >= 4 is 18.8 Å². The van der Waals surface area contributed by atoms with Crippen LogP contribution in [0.3, 0.4) is 0 Å². The molecular formula is C23H21N4OP. The summed E-state index contributed by atoms with van der Waals surface area (Å²) in [7, 11) is -1.43. The Balaban J connectivity index is 1.63. The van der Waals surface area contributed by atoms with Crippen LogP contribution in [0, 0.1) is 0 Å². The molecule has 0 saturated carbocycles. The molecule has 6 rings (SSSR count). The quantitative estimate of drug-likeness (QED) is 0.596. The predicted octanol–water partition coefficient (Wildman–Crippen LogP) is 5.26. The first-order chi connectivity index (χ1) is 14.2. The van der Waals surface area contributed by atoms with Gasteiger partial charge in [0.05, 0.1) is 0 Å². The maximum absolute atomic E-state index is 6.97. The van der Waals surface area contributed by atoms with E-state index >= 15 is 0 Å². The van der Waals surface area contributed by atoms with Crippen LogP contribution in [0.25, 0.3) is 0 Å². The van der Waals surface area contributed by atoms with Crippen molar-refractivity contribution in [3.05, 3.63) is 108 Å². The Bertz CT molecular complexity index is 1170. The summed E-state index contributed by atoms with van der Waals surface area (Å²) >= 11 is 0. The number of hydrogen-bond donors (Lipinski definition) is 1. The minimum absolute atomic E-state index is 0.00619. The minimum atomic E-state index is -3.49. The van der Waals surface area contributed by atoms with Crippen molar-refractivity contribution in [3.63, 3.8) is 0 Å². The number of rotatable bonds is 2. The Labute approximate surface area is 170 Å². The summed E-state index contributed by atoms with van der Waals surface area (Å²) in [6.07, 6.45) is 4.38. The van der Waals surface area contributed by atoms with Gasteiger partial charge in [-0.3, -0.25) is 0 Å². The fraction of sp³-hybridized carbons (Fsp3) is 0.0870. The topological polar surface area (TPSA) is 40.1 Å². The summed E-state index contributed by atoms with van der Waals surface area (Å²) in [6, 6.07) is 29.0. The molecule has 0 radical (unpaired) electrons. The SMILES string of the molecule is CN1NC(c2ccccc2)=NP123Oc1ccccc1N2C=CC3c1ccccc1. The molecule has 1 N–H and O–H groups in total. The zero-order valence-corrected chi connectivity index (χ0v) is 16.9. The van der Waals surface area contributed by atoms with Gasteiger partial charge in [-0.05, 0) is 0 Å². The summed E-state index contributed by atoms with van der Waals surface area (Å²) in [5, 5.41) is 0. The molecule has 5 nitrogen and oxygen atoms in total. The third kappa shape index (κ3) is 1.99. The number of hydrazine groups is 1. The molecule has 0 aliphatic carbocycles. The summed E-state index contributed by atoms with van der Waals surface area (Å²) in [6.45, 7) is 0. The van der Waals surface area contributed by atoms with Crippen molar-refractivity contribution in [1.82, 2.24) is 10.2 Å². The normalized spacial score (nSPS) is 24.2. The molecule has 3 aliphatic rings. The molecule has 144 valence electrons. The molecule has 6 heteroatoms. The molecule has 0 fully saturated rings. The van der Waals surface area contributed by atoms with Gasteiger partial charge < -0.3 is 0 Å². The average molecular weight is 400 g/mol. The number of amidine groups is 1. The zero-order chi connectivity index (χ0) is 19.5. The molecule has 0 saturated heterocycles. The van der Waals surface area contributed by atoms with Gasteiger partial charge in [0.25, 0.3) is 0 Å². The predicted molar refractivity (Wildman–Crippen MR) is 119 cm³/mol. The molecule has 1 spiro atoms. The number of benzene rings is 3. The molecule has 3 aromatic rings. The summed E-state index contributed by atoms with van der Waals surface area (Å²) in [5.41, 5.74) is 6.84. The fourth-order valence-corrected chi connectivity index (χ4v) is 9.63. The first kappa shape index (κ1) is 16.8. The van der Waals surface area contributed by atoms with E-state index in [1.807, 2.05) is 36.4 Å². The molecule has 1 unspecified atom stereocenters. The molecule has 0 bridgehead atoms. The van der Waals surface area contributed by atoms with Crippen molar-refractivity contribution < 1.29 is 4.52 Å². The van der Waals surface area contributed by atoms with Crippen LogP contribution in [0.15, 0.2) is 102 Å². The summed E-state index contributed by atoms with van der Waals surface area (Å²) in [4.78, 5) is 0. The molecule has 3 aliphatic heterocycles. The van der Waals surface area contributed by atoms with Gasteiger partial charge in [-0.15, -0.1) is 0 Å². The number of nitrogens with zero attached hydrogens (tertiary/aromatic N) is 3. The average Bonchev–Trinajstić information content (AvgIpc) is 3.36. The van der Waals surface area contributed by atoms with E-state index in [0.29, 0.717) is 0 Å². The van der Waals surface area contributed by atoms with Gasteiger partial charge >= 0.3 is 170 Å². The van der Waals surface area contributed by atoms with E-state index < -0.39 is 7.28 Å². The van der Waals surface area contributed by atoms with Crippen LogP contribution < -0.4 is 14.6 Å². The van der Waals surface area contributed by atoms with E-state index in [1.54, 1.807) is 0 Å². The fourth-order valence-electron chi connectivity index (χ4n) is 4.66. The molecule has 0 amide bonds. The van der Waals surface area contributed by atoms with Crippen LogP contribution in [0.2, 0.25) is 0 Å². The maximum atomic E-state index is 6.97. The number of nitrogens with one attached hydrogen (secondary N) is 1. The van der Waals surface area contributed by atoms with Crippen molar-refractivity contribution in [1.29, 1.82) is 0 Å². The number of fused-ring (bicyclic) bond motifs is 2. The van der Waals surface area contributed by atoms with Crippen LogP contribution in [0.4, 0.5) is 5.69 Å². The second-order valence-corrected chi connectivity index (χ2v) is 11.4. The number of hydrogen-bond acceptors (Lipinski definition) is 5. The van der Waals surface area contributed by atoms with E-state index in [4.69, 9.17) is 9.29 Å². The van der Waals surface area contributed by atoms with E-state index in [1.165, 1.54) is 5.56 Å². The van der Waals surface area contributed by atoms with Gasteiger partial charge in [0.2, 0.25) is 0 Å². The van der Waals surface area contributed by atoms with Crippen LogP contribution >= 0.6 is 7.28 Å². The first-order valence-electron chi connectivity index (χ1n) is 9.73. The Kier molecular flexibility index (Phi) is 3.29. The zero-order valence-electron chi connectivity index (χ0n) is 16.0. The number of allylic oxidation sites excluding steroid dienone is 1. The Hall–Kier alpha value is -3.14. The van der Waals surface area contributed by atoms with E-state index in [9.17, 15) is 0 Å². The second kappa shape index (κ2) is 5.69. The number of para-hydroxylation sites is 2. The van der Waals surface area contributed by atoms with E-state index in [-0.39, 0.29) is 5.66 Å². The third-order valence-electron chi connectivity index (χ3n) is 6.00. The van der Waals surface area contributed by atoms with Gasteiger partial charge in [0, 0.05) is 0 Å².